The van der Waals surface area contributed by atoms with Crippen molar-refractivity contribution in [3.63, 3.8) is 0 Å². The number of hydrogen-bond donors (Lipinski definition) is 4. The molecule has 0 aliphatic carbocycles. The van der Waals surface area contributed by atoms with E-state index in [4.69, 9.17) is 20.4 Å². The average molecular weight is 541 g/mol. The summed E-state index contributed by atoms with van der Waals surface area (Å²) in [6, 6.07) is 0. The molecule has 0 spiro atoms. The van der Waals surface area contributed by atoms with Crippen LogP contribution in [0.1, 0.15) is 106 Å². The standard InChI is InChI=1S/3C6H12O.C4H8O.3C4H8/c3*1-2-3-4-5-6-7;1-2-3-4-5;3*1-3-4-2/h3*3-4,7H,2,5-6H2,1H3;2,5H,1,3-4H2;3*3H,1,4H2,2H3/b2*4-3+;;;;;. The number of aliphatic hydroxyl groups excluding tert-OH is 4. The van der Waals surface area contributed by atoms with Gasteiger partial charge in [-0.15, -0.1) is 26.3 Å². The summed E-state index contributed by atoms with van der Waals surface area (Å²) in [5, 5.41) is 32.7. The van der Waals surface area contributed by atoms with Crippen molar-refractivity contribution >= 4 is 0 Å². The van der Waals surface area contributed by atoms with Crippen molar-refractivity contribution in [2.24, 2.45) is 0 Å². The van der Waals surface area contributed by atoms with Crippen LogP contribution in [0.25, 0.3) is 0 Å². The lowest BCUT2D eigenvalue weighted by atomic mass is 10.3. The average Bonchev–Trinajstić information content (AvgIpc) is 2.96. The first-order chi connectivity index (χ1) is 18.4. The smallest absolute Gasteiger partial charge is 0.0465 e. The Morgan fingerprint density at radius 1 is 0.342 bits per heavy atom. The van der Waals surface area contributed by atoms with Crippen LogP contribution < -0.4 is 0 Å². The summed E-state index contributed by atoms with van der Waals surface area (Å²) in [5.41, 5.74) is 0. The largest absolute Gasteiger partial charge is 0.396 e. The fourth-order valence-corrected chi connectivity index (χ4v) is 1.17. The highest BCUT2D eigenvalue weighted by Gasteiger charge is 1.70. The lowest BCUT2D eigenvalue weighted by molar-refractivity contribution is 0.302. The third-order valence-electron chi connectivity index (χ3n) is 3.29. The van der Waals surface area contributed by atoms with Crippen LogP contribution in [0.3, 0.4) is 0 Å². The normalized spacial score (nSPS) is 8.79. The third-order valence-corrected chi connectivity index (χ3v) is 3.29. The van der Waals surface area contributed by atoms with E-state index in [1.165, 1.54) is 0 Å². The van der Waals surface area contributed by atoms with E-state index in [-0.39, 0.29) is 26.4 Å². The second-order valence-electron chi connectivity index (χ2n) is 7.07. The number of aliphatic hydroxyl groups is 4. The van der Waals surface area contributed by atoms with E-state index in [2.05, 4.69) is 86.1 Å². The Morgan fingerprint density at radius 3 is 0.632 bits per heavy atom. The van der Waals surface area contributed by atoms with Crippen molar-refractivity contribution in [1.29, 1.82) is 0 Å². The lowest BCUT2D eigenvalue weighted by Gasteiger charge is -1.79. The highest BCUT2D eigenvalue weighted by Crippen LogP contribution is 1.83. The second-order valence-corrected chi connectivity index (χ2v) is 7.07. The van der Waals surface area contributed by atoms with E-state index in [0.717, 1.165) is 57.8 Å². The minimum absolute atomic E-state index is 0.226. The van der Waals surface area contributed by atoms with Crippen LogP contribution in [0.15, 0.2) is 87.1 Å². The second kappa shape index (κ2) is 83.6. The molecule has 0 aliphatic rings. The molecule has 0 heterocycles. The summed E-state index contributed by atoms with van der Waals surface area (Å²) in [7, 11) is 0. The molecule has 4 heteroatoms. The van der Waals surface area contributed by atoms with Gasteiger partial charge in [0.1, 0.15) is 0 Å². The lowest BCUT2D eigenvalue weighted by Crippen LogP contribution is -1.73. The van der Waals surface area contributed by atoms with Gasteiger partial charge in [0.05, 0.1) is 0 Å². The van der Waals surface area contributed by atoms with Gasteiger partial charge >= 0.3 is 0 Å². The molecule has 228 valence electrons. The first kappa shape index (κ1) is 52.5. The zero-order valence-corrected chi connectivity index (χ0v) is 26.3. The molecule has 0 fully saturated rings. The van der Waals surface area contributed by atoms with Crippen LogP contribution in [0.4, 0.5) is 0 Å². The Hall–Kier alpha value is -1.98. The Labute approximate surface area is 239 Å². The summed E-state index contributed by atoms with van der Waals surface area (Å²) >= 11 is 0. The van der Waals surface area contributed by atoms with E-state index in [0.29, 0.717) is 6.42 Å². The molecule has 0 aliphatic heterocycles. The molecule has 0 amide bonds. The molecule has 0 aromatic heterocycles. The van der Waals surface area contributed by atoms with E-state index in [1.807, 2.05) is 36.5 Å². The van der Waals surface area contributed by atoms with Gasteiger partial charge in [0.25, 0.3) is 0 Å². The number of allylic oxidation sites excluding steroid dienone is 6. The summed E-state index contributed by atoms with van der Waals surface area (Å²) < 4.78 is 0. The van der Waals surface area contributed by atoms with E-state index >= 15 is 0 Å². The molecule has 0 atom stereocenters. The van der Waals surface area contributed by atoms with Crippen molar-refractivity contribution in [3.8, 4) is 0 Å². The Morgan fingerprint density at radius 2 is 0.553 bits per heavy atom. The van der Waals surface area contributed by atoms with Crippen molar-refractivity contribution in [2.75, 3.05) is 26.4 Å². The summed E-state index contributed by atoms with van der Waals surface area (Å²) in [6.07, 6.45) is 29.0. The summed E-state index contributed by atoms with van der Waals surface area (Å²) in [5.74, 6) is 0. The fourth-order valence-electron chi connectivity index (χ4n) is 1.17. The van der Waals surface area contributed by atoms with Crippen LogP contribution in [-0.2, 0) is 0 Å². The molecule has 0 rings (SSSR count). The van der Waals surface area contributed by atoms with Crippen molar-refractivity contribution in [3.05, 3.63) is 87.1 Å². The van der Waals surface area contributed by atoms with Crippen LogP contribution >= 0.6 is 0 Å². The van der Waals surface area contributed by atoms with Crippen molar-refractivity contribution in [2.45, 2.75) is 106 Å². The van der Waals surface area contributed by atoms with Gasteiger partial charge in [-0.1, -0.05) is 102 Å². The monoisotopic (exact) mass is 541 g/mol. The predicted octanol–water partition coefficient (Wildman–Crippen LogP) is 9.31. The van der Waals surface area contributed by atoms with Gasteiger partial charge in [-0.05, 0) is 64.2 Å². The molecule has 0 unspecified atom stereocenters. The van der Waals surface area contributed by atoms with Gasteiger partial charge in [-0.2, -0.15) is 0 Å². The first-order valence-corrected chi connectivity index (χ1v) is 14.2. The van der Waals surface area contributed by atoms with Gasteiger partial charge in [0.2, 0.25) is 0 Å². The van der Waals surface area contributed by atoms with Gasteiger partial charge in [0, 0.05) is 26.4 Å². The molecule has 4 nitrogen and oxygen atoms in total. The molecule has 0 radical (unpaired) electrons. The van der Waals surface area contributed by atoms with E-state index < -0.39 is 0 Å². The molecule has 38 heavy (non-hydrogen) atoms. The third kappa shape index (κ3) is 164. The Kier molecular flexibility index (Phi) is 115. The molecular formula is C34H68O4. The quantitative estimate of drug-likeness (QED) is 0.165. The van der Waals surface area contributed by atoms with Crippen molar-refractivity contribution in [1.82, 2.24) is 0 Å². The van der Waals surface area contributed by atoms with Gasteiger partial charge in [-0.25, -0.2) is 0 Å². The Bertz CT molecular complexity index is 381. The minimum Gasteiger partial charge on any atom is -0.396 e. The highest BCUT2D eigenvalue weighted by molar-refractivity contribution is 4.80. The molecule has 0 aromatic carbocycles. The maximum absolute atomic E-state index is 8.24. The number of rotatable bonds is 14. The van der Waals surface area contributed by atoms with Gasteiger partial charge in [-0.3, -0.25) is 0 Å². The molecule has 0 aromatic rings. The minimum atomic E-state index is 0.226. The SMILES string of the molecule is C=CCC.C=CCC.C=CCC.C=CCCO.CC/C=C/CCO.CC/C=C/CCO.CCC=CCCO. The zero-order chi connectivity index (χ0) is 31.0. The van der Waals surface area contributed by atoms with Crippen LogP contribution in [0, 0.1) is 0 Å². The van der Waals surface area contributed by atoms with E-state index in [1.54, 1.807) is 6.08 Å². The van der Waals surface area contributed by atoms with Crippen LogP contribution in [0.2, 0.25) is 0 Å². The first-order valence-electron chi connectivity index (χ1n) is 14.2. The highest BCUT2D eigenvalue weighted by atomic mass is 16.3. The topological polar surface area (TPSA) is 80.9 Å². The maximum Gasteiger partial charge on any atom is 0.0465 e. The molecule has 0 bridgehead atoms. The Balaban J connectivity index is -0.0000000599. The van der Waals surface area contributed by atoms with Crippen molar-refractivity contribution < 1.29 is 20.4 Å². The van der Waals surface area contributed by atoms with Crippen LogP contribution in [-0.4, -0.2) is 46.9 Å². The van der Waals surface area contributed by atoms with Crippen LogP contribution in [0.5, 0.6) is 0 Å². The number of hydrogen-bond acceptors (Lipinski definition) is 4. The van der Waals surface area contributed by atoms with Gasteiger partial charge < -0.3 is 20.4 Å². The fraction of sp³-hybridized carbons (Fsp3) is 0.588. The summed E-state index contributed by atoms with van der Waals surface area (Å²) in [6.45, 7) is 27.3. The molecular weight excluding hydrogens is 472 g/mol. The van der Waals surface area contributed by atoms with E-state index in [9.17, 15) is 0 Å². The zero-order valence-electron chi connectivity index (χ0n) is 26.3. The maximum atomic E-state index is 8.24. The summed E-state index contributed by atoms with van der Waals surface area (Å²) in [4.78, 5) is 0. The molecule has 4 N–H and O–H groups in total. The van der Waals surface area contributed by atoms with Gasteiger partial charge in [0.15, 0.2) is 0 Å². The molecule has 0 saturated heterocycles. The molecule has 0 saturated carbocycles. The predicted molar refractivity (Wildman–Crippen MR) is 177 cm³/mol.